The molecule has 14 aromatic heterocycles. The molecular formula is C115H100Cl10F4N10O3S7. The third-order valence-corrected chi connectivity index (χ3v) is 29.1. The van der Waals surface area contributed by atoms with E-state index in [0.29, 0.717) is 41.2 Å². The van der Waals surface area contributed by atoms with Crippen LogP contribution in [0.3, 0.4) is 0 Å². The van der Waals surface area contributed by atoms with Gasteiger partial charge in [0.25, 0.3) is 0 Å². The molecule has 0 spiro atoms. The van der Waals surface area contributed by atoms with Gasteiger partial charge in [0.15, 0.2) is 17.3 Å². The topological polar surface area (TPSA) is 163 Å². The minimum atomic E-state index is -0.791. The van der Waals surface area contributed by atoms with Gasteiger partial charge in [-0.15, -0.1) is 79.4 Å². The van der Waals surface area contributed by atoms with Gasteiger partial charge in [-0.05, 0) is 313 Å². The number of ether oxygens (including phenoxy) is 2. The first kappa shape index (κ1) is 123. The Morgan fingerprint density at radius 2 is 0.940 bits per heavy atom. The summed E-state index contributed by atoms with van der Waals surface area (Å²) in [7, 11) is 3.29. The Labute approximate surface area is 943 Å². The average molecular weight is 2330 g/mol. The molecule has 0 amide bonds. The maximum Gasteiger partial charge on any atom is 0.214 e. The SMILES string of the molecule is COc1cc(C)ccc1Cl.COc1cccc(C)c1.Cc1cc2c(Cl)cccc2s1.Cc1cc2cc(Cl)c(Cl)nc2s1.Cc1cc2cc(Cl)cnc2s1.Cc1cc2ccc(F)cc2s1.Cc1cc2ccc(F)nc2s1.Cc1ccc(-c2ccon2)s1.Cc1ccc(Cl)nc1.Cc1ccc(F)c(F)c1.Cc1ccc2nc(Cl)ccc2c1.Cc1cccc(C#N)c1.Cc1ncc(Cl)cn1.Cc1sc(Cl)cc1Cl.[C-]#[N+]c1ccc(C)cc1. The summed E-state index contributed by atoms with van der Waals surface area (Å²) in [6.45, 7) is 36.5. The Morgan fingerprint density at radius 3 is 1.50 bits per heavy atom. The van der Waals surface area contributed by atoms with Gasteiger partial charge in [0, 0.05) is 106 Å². The van der Waals surface area contributed by atoms with E-state index < -0.39 is 17.6 Å². The molecule has 0 saturated heterocycles. The zero-order chi connectivity index (χ0) is 109. The minimum absolute atomic E-state index is 0.153. The molecule has 22 rings (SSSR count). The predicted octanol–water partition coefficient (Wildman–Crippen LogP) is 41.2. The second-order valence-electron chi connectivity index (χ2n) is 32.0. The lowest BCUT2D eigenvalue weighted by Crippen LogP contribution is -1.83. The maximum atomic E-state index is 12.7. The molecular weight excluding hydrogens is 2220 g/mol. The summed E-state index contributed by atoms with van der Waals surface area (Å²) in [6, 6.07) is 84.1. The molecule has 0 N–H and O–H groups in total. The lowest BCUT2D eigenvalue weighted by Gasteiger charge is -2.01. The number of methoxy groups -OCH3 is 2. The highest BCUT2D eigenvalue weighted by Gasteiger charge is 2.10. The van der Waals surface area contributed by atoms with Gasteiger partial charge in [-0.1, -0.05) is 217 Å². The van der Waals surface area contributed by atoms with Gasteiger partial charge in [0.1, 0.15) is 65.0 Å². The zero-order valence-electron chi connectivity index (χ0n) is 83.6. The number of nitriles is 1. The van der Waals surface area contributed by atoms with Gasteiger partial charge in [-0.2, -0.15) is 9.65 Å². The number of benzene rings is 8. The highest BCUT2D eigenvalue weighted by molar-refractivity contribution is 7.20. The molecule has 0 saturated carbocycles. The first-order chi connectivity index (χ1) is 71.0. The van der Waals surface area contributed by atoms with E-state index in [1.165, 1.54) is 92.0 Å². The molecule has 149 heavy (non-hydrogen) atoms. The first-order valence-electron chi connectivity index (χ1n) is 44.8. The van der Waals surface area contributed by atoms with E-state index in [1.807, 2.05) is 227 Å². The van der Waals surface area contributed by atoms with Crippen LogP contribution in [-0.2, 0) is 0 Å². The van der Waals surface area contributed by atoms with E-state index in [4.69, 9.17) is 142 Å². The molecule has 0 radical (unpaired) electrons. The molecule has 0 bridgehead atoms. The number of hydrogen-bond acceptors (Lipinski definition) is 19. The van der Waals surface area contributed by atoms with Gasteiger partial charge >= 0.3 is 0 Å². The van der Waals surface area contributed by atoms with E-state index in [-0.39, 0.29) is 5.82 Å². The third-order valence-electron chi connectivity index (χ3n) is 19.3. The molecule has 0 aliphatic carbocycles. The number of nitrogens with zero attached hydrogens (tertiary/aromatic N) is 10. The Hall–Kier alpha value is -11.5. The fraction of sp³-hybridized carbons (Fsp3) is 0.148. The van der Waals surface area contributed by atoms with Gasteiger partial charge < -0.3 is 14.0 Å². The average Bonchev–Trinajstić information content (AvgIpc) is 1.62. The van der Waals surface area contributed by atoms with Crippen LogP contribution in [0.15, 0.2) is 302 Å². The van der Waals surface area contributed by atoms with Crippen molar-refractivity contribution >= 4 is 263 Å². The summed E-state index contributed by atoms with van der Waals surface area (Å²) in [6.07, 6.45) is 8.15. The van der Waals surface area contributed by atoms with Crippen molar-refractivity contribution in [3.8, 4) is 28.1 Å². The van der Waals surface area contributed by atoms with Crippen LogP contribution in [0.5, 0.6) is 11.5 Å². The lowest BCUT2D eigenvalue weighted by atomic mass is 10.1. The highest BCUT2D eigenvalue weighted by atomic mass is 35.5. The van der Waals surface area contributed by atoms with Crippen LogP contribution in [0.2, 0.25) is 49.9 Å². The number of pyridine rings is 5. The Kier molecular flexibility index (Phi) is 52.3. The second kappa shape index (κ2) is 63.6. The summed E-state index contributed by atoms with van der Waals surface area (Å²) in [5.41, 5.74) is 11.1. The van der Waals surface area contributed by atoms with Crippen molar-refractivity contribution in [1.82, 2.24) is 40.0 Å². The molecule has 0 aliphatic rings. The Bertz CT molecular complexity index is 7710. The van der Waals surface area contributed by atoms with Crippen LogP contribution in [-0.4, -0.2) is 54.3 Å². The molecule has 22 aromatic rings. The standard InChI is InChI=1S/C10H8ClN.C9H7ClS.C9H7FS.C8H5Cl2NS.C8H6ClNS.C8H9ClO.C8H6FNS.C8H7NOS.2C8H7N.C8H10O.C7H6F2.C6H6ClN.C5H4Cl2S.C5H5ClN2/c1-7-2-4-9-8(6-7)3-5-10(11)12-9;1-6-5-7-8(10)3-2-4-9(7)11-6;1-6-4-7-2-3-8(10)5-9(7)11-6;1-4-2-5-3-6(9)7(10)11-8(5)12-4;1-5-2-6-3-7(9)4-10-8(6)11-5;1-6-3-4-7(9)8(5-6)10-2;1-5-4-6-2-3-7(9)10-8(6)11-5;1-6-2-3-8(11-6)7-4-5-10-9-7;1-7-3-5-8(9-2)6-4-7;1-7-3-2-4-8(5-7)6-9;1-7-4-3-5-8(6-7)9-2;1-5-2-3-6(8)7(9)4-5;1-5-2-3-6(7)8-4-5;1-3-4(6)2-5(7)8-3;1-4-7-2-5(6)3-8-4/h2-6H,1H3;2*2-5H,1H3;2-3H,1H3;2-4H,1H3;3-5H,1-2H3;2-4H,1H3;2-5H,1H3;3-6H,1H3;2-5H,1H3;3-6H,1-2H3;2-4H,1H3;2-4H,1H3;2H,1H3;2-3H,1H3. The first-order valence-corrected chi connectivity index (χ1v) is 54.3. The molecule has 13 nitrogen and oxygen atoms in total. The molecule has 0 unspecified atom stereocenters. The smallest absolute Gasteiger partial charge is 0.214 e. The number of aryl methyl sites for hydroxylation is 15. The Balaban J connectivity index is 0.000000195. The normalized spacial score (nSPS) is 9.97. The van der Waals surface area contributed by atoms with Gasteiger partial charge in [-0.3, -0.25) is 0 Å². The van der Waals surface area contributed by atoms with Crippen molar-refractivity contribution in [2.24, 2.45) is 0 Å². The summed E-state index contributed by atoms with van der Waals surface area (Å²) in [4.78, 5) is 43.6. The van der Waals surface area contributed by atoms with E-state index in [1.54, 1.807) is 139 Å². The summed E-state index contributed by atoms with van der Waals surface area (Å²) in [5, 5.41) is 24.5. The van der Waals surface area contributed by atoms with Crippen molar-refractivity contribution in [2.75, 3.05) is 14.2 Å². The maximum absolute atomic E-state index is 12.7. The molecule has 768 valence electrons. The van der Waals surface area contributed by atoms with Crippen LogP contribution in [0.4, 0.5) is 23.2 Å². The molecule has 34 heteroatoms. The molecule has 8 aromatic carbocycles. The largest absolute Gasteiger partial charge is 0.497 e. The van der Waals surface area contributed by atoms with Gasteiger partial charge in [-0.25, -0.2) is 52.9 Å². The number of aromatic nitrogens is 8. The number of fused-ring (bicyclic) bond motifs is 6. The molecule has 0 atom stereocenters. The number of thiophene rings is 7. The van der Waals surface area contributed by atoms with E-state index in [2.05, 4.69) is 127 Å². The third kappa shape index (κ3) is 44.5. The van der Waals surface area contributed by atoms with Crippen LogP contribution in [0.25, 0.3) is 77.1 Å². The Morgan fingerprint density at radius 1 is 0.369 bits per heavy atom. The summed E-state index contributed by atoms with van der Waals surface area (Å²) >= 11 is 68.5. The predicted molar refractivity (Wildman–Crippen MR) is 632 cm³/mol. The van der Waals surface area contributed by atoms with Gasteiger partial charge in [0.05, 0.1) is 72.3 Å². The van der Waals surface area contributed by atoms with Crippen LogP contribution >= 0.6 is 195 Å². The number of halogens is 14. The van der Waals surface area contributed by atoms with E-state index in [9.17, 15) is 17.6 Å². The van der Waals surface area contributed by atoms with Crippen LogP contribution < -0.4 is 9.47 Å². The van der Waals surface area contributed by atoms with E-state index >= 15 is 0 Å². The van der Waals surface area contributed by atoms with Crippen LogP contribution in [0, 0.1) is 145 Å². The zero-order valence-corrected chi connectivity index (χ0v) is 96.9. The lowest BCUT2D eigenvalue weighted by molar-refractivity contribution is 0.414. The van der Waals surface area contributed by atoms with E-state index in [0.717, 1.165) is 144 Å². The van der Waals surface area contributed by atoms with Crippen molar-refractivity contribution < 1.29 is 31.6 Å². The fourth-order valence-electron chi connectivity index (χ4n) is 12.2. The monoisotopic (exact) mass is 2320 g/mol. The van der Waals surface area contributed by atoms with Crippen molar-refractivity contribution in [3.63, 3.8) is 0 Å². The molecule has 0 aliphatic heterocycles. The molecule has 14 heterocycles. The summed E-state index contributed by atoms with van der Waals surface area (Å²) < 4.78 is 67.3. The molecule has 0 fully saturated rings. The van der Waals surface area contributed by atoms with Gasteiger partial charge in [0.2, 0.25) is 5.95 Å². The summed E-state index contributed by atoms with van der Waals surface area (Å²) in [5.74, 6) is 0.278. The van der Waals surface area contributed by atoms with Crippen molar-refractivity contribution in [1.29, 1.82) is 5.26 Å². The fourth-order valence-corrected chi connectivity index (χ4v) is 20.3. The van der Waals surface area contributed by atoms with Crippen molar-refractivity contribution in [2.45, 2.75) is 104 Å². The van der Waals surface area contributed by atoms with Crippen LogP contribution in [0.1, 0.15) is 84.5 Å². The quantitative estimate of drug-likeness (QED) is 0.0936. The van der Waals surface area contributed by atoms with Crippen molar-refractivity contribution in [3.05, 3.63) is 467 Å². The minimum Gasteiger partial charge on any atom is -0.497 e. The highest BCUT2D eigenvalue weighted by Crippen LogP contribution is 2.35. The number of hydrogen-bond donors (Lipinski definition) is 0. The second-order valence-corrected chi connectivity index (χ2v) is 45.1. The number of rotatable bonds is 3.